The Hall–Kier alpha value is -3.09. The van der Waals surface area contributed by atoms with Gasteiger partial charge in [-0.1, -0.05) is 20.1 Å². The lowest BCUT2D eigenvalue weighted by Gasteiger charge is -2.27. The molecule has 0 aromatic carbocycles. The molecule has 6 nitrogen and oxygen atoms in total. The Morgan fingerprint density at radius 3 is 2.66 bits per heavy atom. The van der Waals surface area contributed by atoms with Gasteiger partial charge in [-0.15, -0.1) is 0 Å². The second-order valence-electron chi connectivity index (χ2n) is 9.44. The third-order valence-electron chi connectivity index (χ3n) is 5.45. The Kier molecular flexibility index (Phi) is 7.07. The van der Waals surface area contributed by atoms with Crippen LogP contribution in [0.15, 0.2) is 65.9 Å². The van der Waals surface area contributed by atoms with Gasteiger partial charge >= 0.3 is 0 Å². The smallest absolute Gasteiger partial charge is 0.132 e. The standard InChI is InChI=1S/C23H33B3N6/c1-5-17-19(8-9-28-22(17)13(2)11-27)31-20-10-21(30-14(3)16-6-7-16)29-12-18(20)15(4)32-23(24,25)26/h8-12,16,27-28,32H,3-7,24-26H2,1-2H3,(H2,29,30,31)/b22-13-,27-11?. The predicted octanol–water partition coefficient (Wildman–Crippen LogP) is 1.60. The van der Waals surface area contributed by atoms with Crippen LogP contribution in [0.5, 0.6) is 0 Å². The molecule has 164 valence electrons. The van der Waals surface area contributed by atoms with Crippen LogP contribution in [0, 0.1) is 11.3 Å². The highest BCUT2D eigenvalue weighted by molar-refractivity contribution is 6.59. The fraction of sp³-hybridized carbons (Fsp3) is 0.304. The summed E-state index contributed by atoms with van der Waals surface area (Å²) < 4.78 is 0. The van der Waals surface area contributed by atoms with E-state index in [-0.39, 0.29) is 5.24 Å². The largest absolute Gasteiger partial charge is 0.403 e. The summed E-state index contributed by atoms with van der Waals surface area (Å²) in [6.45, 7) is 12.5. The molecule has 9 heteroatoms. The van der Waals surface area contributed by atoms with E-state index in [0.717, 1.165) is 57.4 Å². The molecule has 1 aliphatic carbocycles. The molecule has 2 aliphatic rings. The molecule has 1 aromatic rings. The first-order valence-electron chi connectivity index (χ1n) is 11.2. The van der Waals surface area contributed by atoms with Crippen molar-refractivity contribution in [1.82, 2.24) is 15.6 Å². The molecule has 1 aliphatic heterocycles. The Morgan fingerprint density at radius 2 is 2.06 bits per heavy atom. The molecule has 0 bridgehead atoms. The van der Waals surface area contributed by atoms with Gasteiger partial charge < -0.3 is 26.7 Å². The summed E-state index contributed by atoms with van der Waals surface area (Å²) in [4.78, 5) is 4.63. The molecular formula is C23H33B3N6. The number of hydrogen-bond acceptors (Lipinski definition) is 6. The summed E-state index contributed by atoms with van der Waals surface area (Å²) in [5, 5.41) is 21.3. The van der Waals surface area contributed by atoms with Crippen molar-refractivity contribution in [2.45, 2.75) is 38.3 Å². The maximum atomic E-state index is 7.67. The molecule has 32 heavy (non-hydrogen) atoms. The second-order valence-corrected chi connectivity index (χ2v) is 9.44. The molecule has 3 rings (SSSR count). The van der Waals surface area contributed by atoms with E-state index >= 15 is 0 Å². The number of rotatable bonds is 10. The van der Waals surface area contributed by atoms with Crippen LogP contribution in [0.2, 0.25) is 0 Å². The first kappa shape index (κ1) is 23.6. The number of nitrogens with zero attached hydrogens (tertiary/aromatic N) is 1. The molecular weight excluding hydrogens is 393 g/mol. The molecule has 0 radical (unpaired) electrons. The number of nitrogens with one attached hydrogen (secondary N) is 5. The minimum Gasteiger partial charge on any atom is -0.403 e. The van der Waals surface area contributed by atoms with Crippen LogP contribution < -0.4 is 21.3 Å². The summed E-state index contributed by atoms with van der Waals surface area (Å²) in [5.41, 5.74) is 7.62. The topological polar surface area (TPSA) is 84.9 Å². The summed E-state index contributed by atoms with van der Waals surface area (Å²) in [6.07, 6.45) is 10.4. The third kappa shape index (κ3) is 5.78. The highest BCUT2D eigenvalue weighted by Crippen LogP contribution is 2.36. The molecule has 1 saturated carbocycles. The minimum atomic E-state index is -0.120. The number of dihydropyridines is 1. The van der Waals surface area contributed by atoms with E-state index in [0.29, 0.717) is 5.92 Å². The van der Waals surface area contributed by atoms with Gasteiger partial charge in [0.05, 0.1) is 5.69 Å². The van der Waals surface area contributed by atoms with Crippen molar-refractivity contribution >= 4 is 47.0 Å². The van der Waals surface area contributed by atoms with Crippen molar-refractivity contribution in [1.29, 1.82) is 5.41 Å². The highest BCUT2D eigenvalue weighted by Gasteiger charge is 2.25. The van der Waals surface area contributed by atoms with Crippen LogP contribution in [0.3, 0.4) is 0 Å². The van der Waals surface area contributed by atoms with Crippen LogP contribution >= 0.6 is 0 Å². The van der Waals surface area contributed by atoms with Crippen molar-refractivity contribution in [3.63, 3.8) is 0 Å². The van der Waals surface area contributed by atoms with E-state index in [2.05, 4.69) is 69.9 Å². The zero-order chi connectivity index (χ0) is 23.5. The van der Waals surface area contributed by atoms with E-state index in [9.17, 15) is 0 Å². The van der Waals surface area contributed by atoms with Gasteiger partial charge in [-0.25, -0.2) is 4.98 Å². The van der Waals surface area contributed by atoms with Gasteiger partial charge in [0.15, 0.2) is 0 Å². The van der Waals surface area contributed by atoms with Crippen molar-refractivity contribution in [2.75, 3.05) is 10.6 Å². The van der Waals surface area contributed by atoms with Gasteiger partial charge in [-0.05, 0) is 54.6 Å². The van der Waals surface area contributed by atoms with Crippen LogP contribution in [-0.4, -0.2) is 40.0 Å². The summed E-state index contributed by atoms with van der Waals surface area (Å²) in [7, 11) is 6.33. The third-order valence-corrected chi connectivity index (χ3v) is 5.45. The molecule has 1 fully saturated rings. The molecule has 0 unspecified atom stereocenters. The first-order valence-corrected chi connectivity index (χ1v) is 11.2. The fourth-order valence-corrected chi connectivity index (χ4v) is 3.67. The zero-order valence-corrected chi connectivity index (χ0v) is 19.9. The number of hydrogen-bond donors (Lipinski definition) is 5. The number of aromatic nitrogens is 1. The van der Waals surface area contributed by atoms with Crippen molar-refractivity contribution in [3.05, 3.63) is 71.5 Å². The molecule has 1 aromatic heterocycles. The molecule has 0 saturated heterocycles. The molecule has 0 amide bonds. The van der Waals surface area contributed by atoms with Gasteiger partial charge in [0.25, 0.3) is 0 Å². The molecule has 0 atom stereocenters. The summed E-state index contributed by atoms with van der Waals surface area (Å²) in [6, 6.07) is 2.02. The van der Waals surface area contributed by atoms with Gasteiger partial charge in [0.1, 0.15) is 29.4 Å². The average molecular weight is 426 g/mol. The quantitative estimate of drug-likeness (QED) is 0.290. The lowest BCUT2D eigenvalue weighted by molar-refractivity contribution is 0.936. The van der Waals surface area contributed by atoms with E-state index in [1.165, 1.54) is 19.1 Å². The van der Waals surface area contributed by atoms with Crippen LogP contribution in [0.1, 0.15) is 38.7 Å². The fourth-order valence-electron chi connectivity index (χ4n) is 3.67. The van der Waals surface area contributed by atoms with Crippen LogP contribution in [-0.2, 0) is 0 Å². The van der Waals surface area contributed by atoms with Crippen molar-refractivity contribution < 1.29 is 0 Å². The molecule has 0 spiro atoms. The zero-order valence-electron chi connectivity index (χ0n) is 19.9. The number of allylic oxidation sites excluding steroid dienone is 4. The van der Waals surface area contributed by atoms with Crippen molar-refractivity contribution in [3.8, 4) is 0 Å². The average Bonchev–Trinajstić information content (AvgIpc) is 3.57. The Morgan fingerprint density at radius 1 is 1.34 bits per heavy atom. The maximum absolute atomic E-state index is 7.67. The second kappa shape index (κ2) is 9.59. The van der Waals surface area contributed by atoms with E-state index in [4.69, 9.17) is 5.41 Å². The van der Waals surface area contributed by atoms with Crippen molar-refractivity contribution in [2.24, 2.45) is 5.92 Å². The normalized spacial score (nSPS) is 17.3. The van der Waals surface area contributed by atoms with Gasteiger partial charge in [-0.3, -0.25) is 0 Å². The van der Waals surface area contributed by atoms with Gasteiger partial charge in [0.2, 0.25) is 0 Å². The SMILES string of the molecule is BC(B)(B)NC(=C)c1cnc(NC(=C)C2CC2)cc1NC1=C(CC)/C(=C(\C)C=N)NC=C1. The van der Waals surface area contributed by atoms with E-state index < -0.39 is 0 Å². The molecule has 2 heterocycles. The Bertz CT molecular complexity index is 1030. The van der Waals surface area contributed by atoms with Gasteiger partial charge in [-0.2, -0.15) is 0 Å². The first-order chi connectivity index (χ1) is 15.1. The summed E-state index contributed by atoms with van der Waals surface area (Å²) >= 11 is 0. The van der Waals surface area contributed by atoms with Crippen LogP contribution in [0.25, 0.3) is 5.70 Å². The number of anilines is 2. The maximum Gasteiger partial charge on any atom is 0.132 e. The lowest BCUT2D eigenvalue weighted by Crippen LogP contribution is -2.45. The minimum absolute atomic E-state index is 0.120. The van der Waals surface area contributed by atoms with E-state index in [1.54, 1.807) is 0 Å². The lowest BCUT2D eigenvalue weighted by atomic mass is 9.49. The Labute approximate surface area is 194 Å². The van der Waals surface area contributed by atoms with Crippen LogP contribution in [0.4, 0.5) is 11.5 Å². The monoisotopic (exact) mass is 426 g/mol. The predicted molar refractivity (Wildman–Crippen MR) is 145 cm³/mol. The Balaban J connectivity index is 2.01. The summed E-state index contributed by atoms with van der Waals surface area (Å²) in [5.74, 6) is 1.31. The highest BCUT2D eigenvalue weighted by atomic mass is 15.0. The van der Waals surface area contributed by atoms with E-state index in [1.807, 2.05) is 31.5 Å². The van der Waals surface area contributed by atoms with Gasteiger partial charge in [0, 0.05) is 53.0 Å². The number of pyridine rings is 1. The molecule has 5 N–H and O–H groups in total.